The number of pyridine rings is 1. The van der Waals surface area contributed by atoms with Crippen LogP contribution in [-0.2, 0) is 6.42 Å². The van der Waals surface area contributed by atoms with Crippen LogP contribution in [-0.4, -0.2) is 30.7 Å². The van der Waals surface area contributed by atoms with Crippen molar-refractivity contribution in [1.29, 1.82) is 0 Å². The van der Waals surface area contributed by atoms with Crippen molar-refractivity contribution < 1.29 is 14.4 Å². The van der Waals surface area contributed by atoms with E-state index in [1.54, 1.807) is 12.1 Å². The van der Waals surface area contributed by atoms with E-state index in [1.165, 1.54) is 14.2 Å². The zero-order valence-electron chi connectivity index (χ0n) is 13.0. The molecule has 0 aliphatic heterocycles. The molecule has 1 heterocycles. The zero-order valence-corrected chi connectivity index (χ0v) is 13.0. The molecule has 7 nitrogen and oxygen atoms in total. The molecule has 0 spiro atoms. The maximum atomic E-state index is 12.9. The maximum Gasteiger partial charge on any atom is 0.210 e. The number of fused-ring (bicyclic) bond motifs is 2. The molecule has 3 rings (SSSR count). The van der Waals surface area contributed by atoms with Gasteiger partial charge in [-0.25, -0.2) is 0 Å². The number of hydrogen-bond acceptors (Lipinski definition) is 5. The Morgan fingerprint density at radius 3 is 2.65 bits per heavy atom. The number of nitrogens with one attached hydrogen (secondary N) is 1. The van der Waals surface area contributed by atoms with Crippen molar-refractivity contribution in [2.75, 3.05) is 20.8 Å². The number of rotatable bonds is 4. The minimum absolute atomic E-state index is 0.152. The van der Waals surface area contributed by atoms with Crippen LogP contribution in [0.5, 0.6) is 11.5 Å². The Morgan fingerprint density at radius 2 is 2.00 bits per heavy atom. The van der Waals surface area contributed by atoms with Gasteiger partial charge in [0.1, 0.15) is 0 Å². The molecule has 1 aliphatic rings. The Balaban J connectivity index is 2.24. The minimum Gasteiger partial charge on any atom is -0.493 e. The first-order valence-corrected chi connectivity index (χ1v) is 7.47. The lowest BCUT2D eigenvalue weighted by molar-refractivity contribution is -0.483. The van der Waals surface area contributed by atoms with E-state index in [0.717, 1.165) is 18.5 Å². The fraction of sp³-hybridized carbons (Fsp3) is 0.438. The summed E-state index contributed by atoms with van der Waals surface area (Å²) in [6.07, 6.45) is 2.22. The third-order valence-corrected chi connectivity index (χ3v) is 4.38. The summed E-state index contributed by atoms with van der Waals surface area (Å²) in [6, 6.07) is 3.36. The molecule has 23 heavy (non-hydrogen) atoms. The summed E-state index contributed by atoms with van der Waals surface area (Å²) >= 11 is 0. The molecular formula is C16H18N2O5. The van der Waals surface area contributed by atoms with Crippen LogP contribution in [0, 0.1) is 10.1 Å². The predicted octanol–water partition coefficient (Wildman–Crippen LogP) is 2.24. The van der Waals surface area contributed by atoms with Gasteiger partial charge in [-0.05, 0) is 25.3 Å². The first kappa shape index (κ1) is 15.3. The molecule has 1 unspecified atom stereocenters. The maximum absolute atomic E-state index is 12.9. The summed E-state index contributed by atoms with van der Waals surface area (Å²) in [6.45, 7) is -0.213. The molecule has 1 atom stereocenters. The smallest absolute Gasteiger partial charge is 0.210 e. The van der Waals surface area contributed by atoms with Gasteiger partial charge < -0.3 is 14.5 Å². The lowest BCUT2D eigenvalue weighted by Crippen LogP contribution is -2.26. The number of ether oxygens (including phenoxy) is 2. The van der Waals surface area contributed by atoms with Gasteiger partial charge in [-0.3, -0.25) is 14.9 Å². The lowest BCUT2D eigenvalue weighted by atomic mass is 9.84. The van der Waals surface area contributed by atoms with Crippen molar-refractivity contribution in [2.24, 2.45) is 0 Å². The van der Waals surface area contributed by atoms with Gasteiger partial charge in [0.15, 0.2) is 16.9 Å². The topological polar surface area (TPSA) is 94.5 Å². The van der Waals surface area contributed by atoms with Crippen LogP contribution >= 0.6 is 0 Å². The second-order valence-electron chi connectivity index (χ2n) is 5.70. The van der Waals surface area contributed by atoms with Gasteiger partial charge in [0, 0.05) is 27.6 Å². The molecule has 7 heteroatoms. The van der Waals surface area contributed by atoms with Crippen LogP contribution in [0.25, 0.3) is 10.9 Å². The second-order valence-corrected chi connectivity index (χ2v) is 5.70. The summed E-state index contributed by atoms with van der Waals surface area (Å²) in [5.74, 6) is 0.662. The van der Waals surface area contributed by atoms with Crippen LogP contribution in [0.2, 0.25) is 0 Å². The fourth-order valence-corrected chi connectivity index (χ4v) is 3.34. The van der Waals surface area contributed by atoms with Crippen molar-refractivity contribution in [3.05, 3.63) is 43.7 Å². The van der Waals surface area contributed by atoms with E-state index in [1.807, 2.05) is 0 Å². The highest BCUT2D eigenvalue weighted by Gasteiger charge is 2.29. The second kappa shape index (κ2) is 5.91. The van der Waals surface area contributed by atoms with E-state index in [2.05, 4.69) is 4.98 Å². The van der Waals surface area contributed by atoms with Gasteiger partial charge in [0.05, 0.1) is 25.7 Å². The third-order valence-electron chi connectivity index (χ3n) is 4.38. The van der Waals surface area contributed by atoms with E-state index in [-0.39, 0.29) is 22.8 Å². The molecule has 0 saturated heterocycles. The highest BCUT2D eigenvalue weighted by Crippen LogP contribution is 2.34. The van der Waals surface area contributed by atoms with Crippen LogP contribution < -0.4 is 14.9 Å². The SMILES string of the molecule is COc1cc2[nH]c3c(c(=O)c2cc1OC)C(C[N+](=O)[O-])CCC3. The van der Waals surface area contributed by atoms with Crippen LogP contribution in [0.15, 0.2) is 16.9 Å². The number of hydrogen-bond donors (Lipinski definition) is 1. The van der Waals surface area contributed by atoms with Gasteiger partial charge in [0.2, 0.25) is 6.54 Å². The Labute approximate surface area is 132 Å². The summed E-state index contributed by atoms with van der Waals surface area (Å²) in [5, 5.41) is 11.4. The van der Waals surface area contributed by atoms with E-state index >= 15 is 0 Å². The number of H-pyrrole nitrogens is 1. The zero-order chi connectivity index (χ0) is 16.6. The number of methoxy groups -OCH3 is 2. The molecule has 0 bridgehead atoms. The number of aromatic amines is 1. The Bertz CT molecular complexity index is 827. The van der Waals surface area contributed by atoms with Crippen molar-refractivity contribution in [1.82, 2.24) is 4.98 Å². The first-order chi connectivity index (χ1) is 11.0. The summed E-state index contributed by atoms with van der Waals surface area (Å²) in [5.41, 5.74) is 1.86. The molecule has 1 aliphatic carbocycles. The summed E-state index contributed by atoms with van der Waals surface area (Å²) in [4.78, 5) is 26.7. The van der Waals surface area contributed by atoms with Gasteiger partial charge in [-0.15, -0.1) is 0 Å². The molecule has 2 aromatic rings. The predicted molar refractivity (Wildman–Crippen MR) is 85.2 cm³/mol. The van der Waals surface area contributed by atoms with Gasteiger partial charge in [-0.1, -0.05) is 0 Å². The Kier molecular flexibility index (Phi) is 3.94. The van der Waals surface area contributed by atoms with Crippen LogP contribution in [0.1, 0.15) is 30.0 Å². The number of nitro groups is 1. The largest absolute Gasteiger partial charge is 0.493 e. The number of aryl methyl sites for hydroxylation is 1. The average Bonchev–Trinajstić information content (AvgIpc) is 2.53. The van der Waals surface area contributed by atoms with Crippen molar-refractivity contribution in [2.45, 2.75) is 25.2 Å². The highest BCUT2D eigenvalue weighted by molar-refractivity contribution is 5.83. The van der Waals surface area contributed by atoms with Crippen LogP contribution in [0.4, 0.5) is 0 Å². The standard InChI is InChI=1S/C16H18N2O5/c1-22-13-6-10-12(7-14(13)23-2)17-11-5-3-4-9(8-18(20)21)15(11)16(10)19/h6-7,9H,3-5,8H2,1-2H3,(H,17,19). The van der Waals surface area contributed by atoms with Gasteiger partial charge in [-0.2, -0.15) is 0 Å². The van der Waals surface area contributed by atoms with Crippen molar-refractivity contribution >= 4 is 10.9 Å². The Hall–Kier alpha value is -2.57. The van der Waals surface area contributed by atoms with E-state index in [0.29, 0.717) is 34.4 Å². The molecule has 1 aromatic heterocycles. The first-order valence-electron chi connectivity index (χ1n) is 7.47. The molecule has 0 fully saturated rings. The normalized spacial score (nSPS) is 16.9. The van der Waals surface area contributed by atoms with Crippen molar-refractivity contribution in [3.8, 4) is 11.5 Å². The van der Waals surface area contributed by atoms with Gasteiger partial charge >= 0.3 is 0 Å². The monoisotopic (exact) mass is 318 g/mol. The van der Waals surface area contributed by atoms with E-state index in [4.69, 9.17) is 9.47 Å². The molecule has 1 aromatic carbocycles. The third kappa shape index (κ3) is 2.62. The molecular weight excluding hydrogens is 300 g/mol. The minimum atomic E-state index is -0.349. The lowest BCUT2D eigenvalue weighted by Gasteiger charge is -2.22. The quantitative estimate of drug-likeness (QED) is 0.689. The van der Waals surface area contributed by atoms with Gasteiger partial charge in [0.25, 0.3) is 0 Å². The van der Waals surface area contributed by atoms with Crippen molar-refractivity contribution in [3.63, 3.8) is 0 Å². The number of nitrogens with zero attached hydrogens (tertiary/aromatic N) is 1. The summed E-state index contributed by atoms with van der Waals surface area (Å²) in [7, 11) is 3.04. The number of aromatic nitrogens is 1. The molecule has 0 radical (unpaired) electrons. The molecule has 122 valence electrons. The van der Waals surface area contributed by atoms with E-state index in [9.17, 15) is 14.9 Å². The molecule has 0 amide bonds. The average molecular weight is 318 g/mol. The highest BCUT2D eigenvalue weighted by atomic mass is 16.6. The van der Waals surface area contributed by atoms with E-state index < -0.39 is 0 Å². The number of benzene rings is 1. The Morgan fingerprint density at radius 1 is 1.30 bits per heavy atom. The molecule has 0 saturated carbocycles. The summed E-state index contributed by atoms with van der Waals surface area (Å²) < 4.78 is 10.5. The van der Waals surface area contributed by atoms with Crippen LogP contribution in [0.3, 0.4) is 0 Å². The fourth-order valence-electron chi connectivity index (χ4n) is 3.34. The molecule has 1 N–H and O–H groups in total.